The van der Waals surface area contributed by atoms with Crippen LogP contribution in [0.3, 0.4) is 0 Å². The Labute approximate surface area is 83.0 Å². The summed E-state index contributed by atoms with van der Waals surface area (Å²) in [5.74, 6) is 0. The summed E-state index contributed by atoms with van der Waals surface area (Å²) in [5.41, 5.74) is 0. The van der Waals surface area contributed by atoms with Gasteiger partial charge in [-0.2, -0.15) is 0 Å². The van der Waals surface area contributed by atoms with Gasteiger partial charge in [-0.25, -0.2) is 0 Å². The zero-order chi connectivity index (χ0) is 10.9. The van der Waals surface area contributed by atoms with Gasteiger partial charge >= 0.3 is 82.3 Å². The van der Waals surface area contributed by atoms with Gasteiger partial charge in [0.1, 0.15) is 0 Å². The number of hydrogen-bond donors (Lipinski definition) is 1. The molecule has 0 spiro atoms. The van der Waals surface area contributed by atoms with E-state index in [4.69, 9.17) is 0 Å². The Morgan fingerprint density at radius 2 is 1.00 bits per heavy atom. The molecule has 0 fully saturated rings. The van der Waals surface area contributed by atoms with Crippen molar-refractivity contribution in [2.24, 2.45) is 0 Å². The molecule has 0 aliphatic rings. The predicted molar refractivity (Wildman–Crippen MR) is 63.0 cm³/mol. The fourth-order valence-corrected chi connectivity index (χ4v) is 5.02. The summed E-state index contributed by atoms with van der Waals surface area (Å²) in [7, 11) is 12.5. The van der Waals surface area contributed by atoms with E-state index in [1.54, 1.807) is 0 Å². The fourth-order valence-electron chi connectivity index (χ4n) is 1.67. The first-order valence-corrected chi connectivity index (χ1v) is 7.00. The molecule has 0 aliphatic carbocycles. The van der Waals surface area contributed by atoms with Crippen molar-refractivity contribution < 1.29 is 0 Å². The summed E-state index contributed by atoms with van der Waals surface area (Å²) in [6.07, 6.45) is 0. The van der Waals surface area contributed by atoms with Crippen molar-refractivity contribution in [3.8, 4) is 0 Å². The van der Waals surface area contributed by atoms with Gasteiger partial charge in [0.2, 0.25) is 0 Å². The number of nitrogens with one attached hydrogen (secondary N) is 1. The SMILES string of the molecule is CNP(C)(N(C)C)(N(C)C)N(C)C. The second kappa shape index (κ2) is 3.79. The molecule has 13 heavy (non-hydrogen) atoms. The molecule has 0 saturated carbocycles. The van der Waals surface area contributed by atoms with Gasteiger partial charge in [0.05, 0.1) is 0 Å². The zero-order valence-corrected chi connectivity index (χ0v) is 11.2. The van der Waals surface area contributed by atoms with E-state index >= 15 is 0 Å². The summed E-state index contributed by atoms with van der Waals surface area (Å²) in [5, 5.41) is 3.50. The molecule has 0 aromatic rings. The van der Waals surface area contributed by atoms with Gasteiger partial charge in [-0.1, -0.05) is 0 Å². The summed E-state index contributed by atoms with van der Waals surface area (Å²) in [6.45, 7) is 2.28. The molecule has 0 amide bonds. The van der Waals surface area contributed by atoms with Gasteiger partial charge < -0.3 is 0 Å². The molecule has 0 bridgehead atoms. The van der Waals surface area contributed by atoms with Crippen molar-refractivity contribution in [1.29, 1.82) is 0 Å². The Morgan fingerprint density at radius 1 is 0.769 bits per heavy atom. The normalized spacial score (nSPS) is 16.7. The van der Waals surface area contributed by atoms with Crippen molar-refractivity contribution in [3.63, 3.8) is 0 Å². The molecule has 0 radical (unpaired) electrons. The first kappa shape index (κ1) is 13.3. The first-order valence-electron chi connectivity index (χ1n) is 4.45. The van der Waals surface area contributed by atoms with E-state index in [0.29, 0.717) is 0 Å². The molecule has 0 rings (SSSR count). The topological polar surface area (TPSA) is 21.8 Å². The van der Waals surface area contributed by atoms with Gasteiger partial charge in [0.15, 0.2) is 0 Å². The average Bonchev–Trinajstić information content (AvgIpc) is 2.01. The molecule has 0 saturated heterocycles. The number of hydrogen-bond acceptors (Lipinski definition) is 4. The fraction of sp³-hybridized carbons (Fsp3) is 1.00. The van der Waals surface area contributed by atoms with Crippen LogP contribution in [-0.2, 0) is 0 Å². The molecular weight excluding hydrogens is 183 g/mol. The van der Waals surface area contributed by atoms with Crippen LogP contribution in [0.4, 0.5) is 0 Å². The van der Waals surface area contributed by atoms with Crippen molar-refractivity contribution in [2.75, 3.05) is 56.0 Å². The van der Waals surface area contributed by atoms with E-state index in [9.17, 15) is 0 Å². The maximum absolute atomic E-state index is 3.50. The van der Waals surface area contributed by atoms with Crippen LogP contribution in [0.2, 0.25) is 0 Å². The van der Waals surface area contributed by atoms with Crippen LogP contribution in [0.15, 0.2) is 0 Å². The second-order valence-electron chi connectivity index (χ2n) is 4.16. The van der Waals surface area contributed by atoms with E-state index in [2.05, 4.69) is 68.0 Å². The molecule has 5 heteroatoms. The van der Waals surface area contributed by atoms with E-state index in [-0.39, 0.29) is 0 Å². The van der Waals surface area contributed by atoms with Gasteiger partial charge in [-0.15, -0.1) is 0 Å². The van der Waals surface area contributed by atoms with E-state index in [1.807, 2.05) is 7.05 Å². The summed E-state index contributed by atoms with van der Waals surface area (Å²) >= 11 is 0. The molecule has 0 unspecified atom stereocenters. The van der Waals surface area contributed by atoms with Crippen molar-refractivity contribution in [1.82, 2.24) is 19.1 Å². The monoisotopic (exact) mass is 208 g/mol. The van der Waals surface area contributed by atoms with Gasteiger partial charge in [0, 0.05) is 0 Å². The van der Waals surface area contributed by atoms with Crippen LogP contribution < -0.4 is 5.09 Å². The van der Waals surface area contributed by atoms with E-state index in [1.165, 1.54) is 0 Å². The van der Waals surface area contributed by atoms with Crippen LogP contribution in [0, 0.1) is 0 Å². The number of nitrogens with zero attached hydrogens (tertiary/aromatic N) is 3. The molecule has 0 aromatic heterocycles. The average molecular weight is 208 g/mol. The minimum absolute atomic E-state index is 2.03. The summed E-state index contributed by atoms with van der Waals surface area (Å²) in [6, 6.07) is 0. The van der Waals surface area contributed by atoms with Crippen LogP contribution in [0.5, 0.6) is 0 Å². The van der Waals surface area contributed by atoms with Crippen molar-refractivity contribution in [3.05, 3.63) is 0 Å². The van der Waals surface area contributed by atoms with Crippen molar-refractivity contribution >= 4 is 7.21 Å². The van der Waals surface area contributed by atoms with Crippen LogP contribution >= 0.6 is 7.21 Å². The quantitative estimate of drug-likeness (QED) is 0.688. The molecule has 82 valence electrons. The van der Waals surface area contributed by atoms with Gasteiger partial charge in [-0.3, -0.25) is 0 Å². The second-order valence-corrected chi connectivity index (χ2v) is 9.79. The Balaban J connectivity index is 5.33. The Morgan fingerprint density at radius 3 is 1.00 bits per heavy atom. The van der Waals surface area contributed by atoms with Crippen molar-refractivity contribution in [2.45, 2.75) is 0 Å². The standard InChI is InChI=1S/C8H25N4P/c1-9-13(8,10(2)3,11(4)5)12(6)7/h9H,1-8H3. The molecule has 0 heterocycles. The third-order valence-electron chi connectivity index (χ3n) is 3.40. The predicted octanol–water partition coefficient (Wildman–Crippen LogP) is 0.734. The van der Waals surface area contributed by atoms with Gasteiger partial charge in [0.25, 0.3) is 0 Å². The maximum atomic E-state index is 3.50. The third kappa shape index (κ3) is 1.62. The Bertz CT molecular complexity index is 154. The molecule has 0 aliphatic heterocycles. The Hall–Kier alpha value is 0.270. The first-order chi connectivity index (χ1) is 5.71. The molecular formula is C8H25N4P. The van der Waals surface area contributed by atoms with Crippen LogP contribution in [0.1, 0.15) is 0 Å². The third-order valence-corrected chi connectivity index (χ3v) is 10.2. The Kier molecular flexibility index (Phi) is 3.87. The summed E-state index contributed by atoms with van der Waals surface area (Å²) in [4.78, 5) is 0. The van der Waals surface area contributed by atoms with E-state index in [0.717, 1.165) is 0 Å². The van der Waals surface area contributed by atoms with Gasteiger partial charge in [-0.05, 0) is 0 Å². The molecule has 1 N–H and O–H groups in total. The molecule has 0 atom stereocenters. The molecule has 0 aromatic carbocycles. The summed E-state index contributed by atoms with van der Waals surface area (Å²) < 4.78 is 6.85. The number of rotatable bonds is 4. The zero-order valence-electron chi connectivity index (χ0n) is 10.3. The molecule has 4 nitrogen and oxygen atoms in total. The van der Waals surface area contributed by atoms with E-state index < -0.39 is 7.21 Å². The minimum atomic E-state index is -2.23. The van der Waals surface area contributed by atoms with Crippen LogP contribution in [-0.4, -0.2) is 70.0 Å². The van der Waals surface area contributed by atoms with Crippen LogP contribution in [0.25, 0.3) is 0 Å².